The van der Waals surface area contributed by atoms with Gasteiger partial charge in [-0.2, -0.15) is 13.2 Å². The Morgan fingerprint density at radius 2 is 1.54 bits per heavy atom. The molecule has 0 saturated carbocycles. The summed E-state index contributed by atoms with van der Waals surface area (Å²) in [6.07, 6.45) is -5.71. The second-order valence-corrected chi connectivity index (χ2v) is 8.33. The normalized spacial score (nSPS) is 13.0. The topological polar surface area (TPSA) is 93.7 Å². The molecule has 2 rings (SSSR count). The molecule has 2 amide bonds. The summed E-state index contributed by atoms with van der Waals surface area (Å²) in [7, 11) is 1.07. The highest BCUT2D eigenvalue weighted by Gasteiger charge is 2.35. The highest BCUT2D eigenvalue weighted by molar-refractivity contribution is 5.89. The van der Waals surface area contributed by atoms with Crippen molar-refractivity contribution >= 4 is 18.0 Å². The summed E-state index contributed by atoms with van der Waals surface area (Å²) < 4.78 is 50.0. The first-order valence-electron chi connectivity index (χ1n) is 11.0. The minimum Gasteiger partial charge on any atom is -0.467 e. The molecule has 0 aromatic heterocycles. The van der Waals surface area contributed by atoms with Gasteiger partial charge >= 0.3 is 18.2 Å². The summed E-state index contributed by atoms with van der Waals surface area (Å²) >= 11 is 0. The van der Waals surface area contributed by atoms with Gasteiger partial charge in [0, 0.05) is 6.42 Å². The average Bonchev–Trinajstić information content (AvgIpc) is 2.81. The van der Waals surface area contributed by atoms with E-state index in [-0.39, 0.29) is 24.5 Å². The molecular formula is C25H29F3N2O5. The van der Waals surface area contributed by atoms with Crippen LogP contribution in [-0.4, -0.2) is 37.2 Å². The van der Waals surface area contributed by atoms with Crippen molar-refractivity contribution in [2.24, 2.45) is 5.92 Å². The van der Waals surface area contributed by atoms with Crippen molar-refractivity contribution in [1.82, 2.24) is 10.6 Å². The molecule has 0 saturated heterocycles. The fraction of sp³-hybridized carbons (Fsp3) is 0.400. The van der Waals surface area contributed by atoms with Crippen LogP contribution < -0.4 is 10.6 Å². The smallest absolute Gasteiger partial charge is 0.416 e. The van der Waals surface area contributed by atoms with Gasteiger partial charge < -0.3 is 20.1 Å². The van der Waals surface area contributed by atoms with E-state index in [1.807, 2.05) is 19.9 Å². The van der Waals surface area contributed by atoms with Gasteiger partial charge in [-0.3, -0.25) is 4.79 Å². The van der Waals surface area contributed by atoms with Gasteiger partial charge in [0.05, 0.1) is 12.7 Å². The van der Waals surface area contributed by atoms with Gasteiger partial charge in [-0.15, -0.1) is 0 Å². The molecule has 0 aliphatic rings. The van der Waals surface area contributed by atoms with Gasteiger partial charge in [-0.05, 0) is 29.5 Å². The van der Waals surface area contributed by atoms with E-state index >= 15 is 0 Å². The van der Waals surface area contributed by atoms with Crippen LogP contribution in [0.4, 0.5) is 18.0 Å². The van der Waals surface area contributed by atoms with Gasteiger partial charge in [0.15, 0.2) is 0 Å². The van der Waals surface area contributed by atoms with E-state index in [0.29, 0.717) is 0 Å². The third-order valence-electron chi connectivity index (χ3n) is 5.08. The highest BCUT2D eigenvalue weighted by Crippen LogP contribution is 2.32. The minimum atomic E-state index is -4.63. The minimum absolute atomic E-state index is 0.0122. The van der Waals surface area contributed by atoms with Crippen molar-refractivity contribution in [3.05, 3.63) is 71.3 Å². The molecular weight excluding hydrogens is 465 g/mol. The van der Waals surface area contributed by atoms with Crippen molar-refractivity contribution in [2.75, 3.05) is 7.11 Å². The zero-order chi connectivity index (χ0) is 26.0. The number of alkyl carbamates (subject to hydrolysis) is 1. The number of rotatable bonds is 10. The lowest BCUT2D eigenvalue weighted by Gasteiger charge is -2.24. The summed E-state index contributed by atoms with van der Waals surface area (Å²) in [6, 6.07) is 11.2. The lowest BCUT2D eigenvalue weighted by molar-refractivity contribution is -0.146. The predicted octanol–water partition coefficient (Wildman–Crippen LogP) is 4.25. The van der Waals surface area contributed by atoms with Crippen LogP contribution in [0.5, 0.6) is 0 Å². The Bertz CT molecular complexity index is 996. The van der Waals surface area contributed by atoms with Crippen LogP contribution in [0, 0.1) is 5.92 Å². The molecule has 35 heavy (non-hydrogen) atoms. The number of alkyl halides is 3. The zero-order valence-electron chi connectivity index (χ0n) is 19.7. The average molecular weight is 495 g/mol. The van der Waals surface area contributed by atoms with E-state index in [9.17, 15) is 27.6 Å². The molecule has 2 aromatic rings. The maximum Gasteiger partial charge on any atom is 0.416 e. The summed E-state index contributed by atoms with van der Waals surface area (Å²) in [4.78, 5) is 37.6. The van der Waals surface area contributed by atoms with Crippen LogP contribution in [0.15, 0.2) is 54.6 Å². The molecule has 2 aromatic carbocycles. The van der Waals surface area contributed by atoms with Crippen LogP contribution in [0.3, 0.4) is 0 Å². The molecule has 0 bridgehead atoms. The van der Waals surface area contributed by atoms with E-state index in [4.69, 9.17) is 9.47 Å². The van der Waals surface area contributed by atoms with E-state index in [0.717, 1.165) is 18.7 Å². The molecule has 0 spiro atoms. The third-order valence-corrected chi connectivity index (χ3v) is 5.08. The number of carbonyl (C=O) groups is 3. The van der Waals surface area contributed by atoms with Crippen LogP contribution in [0.2, 0.25) is 0 Å². The molecule has 2 atom stereocenters. The molecule has 0 aliphatic carbocycles. The summed E-state index contributed by atoms with van der Waals surface area (Å²) in [5.74, 6) is -1.68. The predicted molar refractivity (Wildman–Crippen MR) is 122 cm³/mol. The fourth-order valence-electron chi connectivity index (χ4n) is 3.41. The van der Waals surface area contributed by atoms with Crippen molar-refractivity contribution in [1.29, 1.82) is 0 Å². The van der Waals surface area contributed by atoms with Crippen LogP contribution >= 0.6 is 0 Å². The van der Waals surface area contributed by atoms with Crippen molar-refractivity contribution in [3.8, 4) is 0 Å². The quantitative estimate of drug-likeness (QED) is 0.482. The van der Waals surface area contributed by atoms with Crippen LogP contribution in [0.25, 0.3) is 0 Å². The molecule has 0 radical (unpaired) electrons. The standard InChI is InChI=1S/C25H29F3N2O5/c1-16(2)13-20(30-24(33)35-15-17-9-5-4-6-10-17)22(31)29-21(23(32)34-3)14-18-11-7-8-12-19(18)25(26,27)28/h4-12,16,20-21H,13-15H2,1-3H3,(H,29,31)(H,30,33)/t20-,21-/m0/s1. The Labute approximate surface area is 202 Å². The van der Waals surface area contributed by atoms with Gasteiger partial charge in [-0.25, -0.2) is 9.59 Å². The first kappa shape index (κ1) is 27.7. The van der Waals surface area contributed by atoms with E-state index in [2.05, 4.69) is 10.6 Å². The second kappa shape index (κ2) is 12.8. The van der Waals surface area contributed by atoms with E-state index in [1.165, 1.54) is 18.2 Å². The second-order valence-electron chi connectivity index (χ2n) is 8.33. The summed E-state index contributed by atoms with van der Waals surface area (Å²) in [6.45, 7) is 3.64. The Morgan fingerprint density at radius 1 is 0.914 bits per heavy atom. The molecule has 10 heteroatoms. The number of hydrogen-bond acceptors (Lipinski definition) is 5. The number of esters is 1. The number of methoxy groups -OCH3 is 1. The van der Waals surface area contributed by atoms with Gasteiger partial charge in [0.2, 0.25) is 5.91 Å². The Morgan fingerprint density at radius 3 is 2.14 bits per heavy atom. The lowest BCUT2D eigenvalue weighted by Crippen LogP contribution is -2.53. The monoisotopic (exact) mass is 494 g/mol. The van der Waals surface area contributed by atoms with Crippen molar-refractivity contribution < 1.29 is 37.0 Å². The number of benzene rings is 2. The molecule has 0 heterocycles. The molecule has 0 unspecified atom stereocenters. The Hall–Kier alpha value is -3.56. The fourth-order valence-corrected chi connectivity index (χ4v) is 3.41. The maximum atomic E-state index is 13.4. The maximum absolute atomic E-state index is 13.4. The SMILES string of the molecule is COC(=O)[C@H](Cc1ccccc1C(F)(F)F)NC(=O)[C@H](CC(C)C)NC(=O)OCc1ccccc1. The Balaban J connectivity index is 2.13. The largest absolute Gasteiger partial charge is 0.467 e. The number of hydrogen-bond donors (Lipinski definition) is 2. The first-order valence-corrected chi connectivity index (χ1v) is 11.0. The number of carbonyl (C=O) groups excluding carboxylic acids is 3. The number of amides is 2. The zero-order valence-corrected chi connectivity index (χ0v) is 19.7. The highest BCUT2D eigenvalue weighted by atomic mass is 19.4. The molecule has 7 nitrogen and oxygen atoms in total. The van der Waals surface area contributed by atoms with Crippen molar-refractivity contribution in [3.63, 3.8) is 0 Å². The summed E-state index contributed by atoms with van der Waals surface area (Å²) in [5.41, 5.74) is -0.336. The molecule has 0 aliphatic heterocycles. The molecule has 2 N–H and O–H groups in total. The number of nitrogens with one attached hydrogen (secondary N) is 2. The third kappa shape index (κ3) is 8.95. The molecule has 0 fully saturated rings. The lowest BCUT2D eigenvalue weighted by atomic mass is 9.98. The number of halogens is 3. The van der Waals surface area contributed by atoms with Crippen molar-refractivity contribution in [2.45, 2.75) is 51.6 Å². The summed E-state index contributed by atoms with van der Waals surface area (Å²) in [5, 5.41) is 4.90. The van der Waals surface area contributed by atoms with Gasteiger partial charge in [-0.1, -0.05) is 62.4 Å². The van der Waals surface area contributed by atoms with Gasteiger partial charge in [0.1, 0.15) is 18.7 Å². The Kier molecular flexibility index (Phi) is 10.1. The van der Waals surface area contributed by atoms with E-state index < -0.39 is 48.2 Å². The van der Waals surface area contributed by atoms with Crippen LogP contribution in [0.1, 0.15) is 37.0 Å². The first-order chi connectivity index (χ1) is 16.5. The van der Waals surface area contributed by atoms with Crippen LogP contribution in [-0.2, 0) is 38.3 Å². The number of ether oxygens (including phenoxy) is 2. The van der Waals surface area contributed by atoms with Gasteiger partial charge in [0.25, 0.3) is 0 Å². The van der Waals surface area contributed by atoms with E-state index in [1.54, 1.807) is 24.3 Å². The molecule has 190 valence electrons.